The first-order valence-electron chi connectivity index (χ1n) is 6.28. The lowest BCUT2D eigenvalue weighted by molar-refractivity contribution is -0.139. The van der Waals surface area contributed by atoms with E-state index in [1.54, 1.807) is 0 Å². The summed E-state index contributed by atoms with van der Waals surface area (Å²) >= 11 is 0. The van der Waals surface area contributed by atoms with E-state index in [0.717, 1.165) is 25.3 Å². The quantitative estimate of drug-likeness (QED) is 0.601. The van der Waals surface area contributed by atoms with Crippen molar-refractivity contribution in [2.45, 2.75) is 58.9 Å². The molecule has 2 nitrogen and oxygen atoms in total. The Balaban J connectivity index is 2.03. The lowest BCUT2D eigenvalue weighted by Crippen LogP contribution is -2.50. The molecule has 0 spiro atoms. The number of carbonyl (C=O) groups excluding carboxylic acids is 1. The van der Waals surface area contributed by atoms with Gasteiger partial charge in [-0.05, 0) is 37.0 Å². The Morgan fingerprint density at radius 1 is 1.27 bits per heavy atom. The van der Waals surface area contributed by atoms with Crippen molar-refractivity contribution in [3.8, 4) is 0 Å². The van der Waals surface area contributed by atoms with Crippen molar-refractivity contribution in [1.82, 2.24) is 4.90 Å². The summed E-state index contributed by atoms with van der Waals surface area (Å²) in [5.74, 6) is 1.20. The topological polar surface area (TPSA) is 20.3 Å². The molecule has 0 radical (unpaired) electrons. The zero-order chi connectivity index (χ0) is 11.1. The molecule has 2 rings (SSSR count). The smallest absolute Gasteiger partial charge is 0.222 e. The van der Waals surface area contributed by atoms with Gasteiger partial charge in [-0.3, -0.25) is 4.79 Å². The van der Waals surface area contributed by atoms with E-state index >= 15 is 0 Å². The first kappa shape index (κ1) is 11.0. The predicted octanol–water partition coefficient (Wildman–Crippen LogP) is 2.82. The third kappa shape index (κ3) is 2.19. The Hall–Kier alpha value is -0.530. The van der Waals surface area contributed by atoms with Gasteiger partial charge in [-0.1, -0.05) is 20.8 Å². The molecule has 0 aromatic heterocycles. The van der Waals surface area contributed by atoms with Crippen molar-refractivity contribution < 1.29 is 4.79 Å². The minimum Gasteiger partial charge on any atom is -0.340 e. The van der Waals surface area contributed by atoms with Crippen molar-refractivity contribution >= 4 is 5.91 Å². The van der Waals surface area contributed by atoms with Gasteiger partial charge in [0.25, 0.3) is 0 Å². The molecule has 2 fully saturated rings. The molecule has 0 aromatic carbocycles. The fourth-order valence-electron chi connectivity index (χ4n) is 3.07. The molecule has 2 heteroatoms. The highest BCUT2D eigenvalue weighted by molar-refractivity contribution is 5.77. The minimum atomic E-state index is 0.401. The van der Waals surface area contributed by atoms with Crippen LogP contribution in [0.15, 0.2) is 0 Å². The fourth-order valence-corrected chi connectivity index (χ4v) is 3.07. The standard InChI is InChI=1S/C13H23NO/c1-13(2,3)10-7-8-14-11(9-10)5-4-6-12(14)15/h10-11H,4-9H2,1-3H3. The average molecular weight is 209 g/mol. The van der Waals surface area contributed by atoms with E-state index in [1.165, 1.54) is 19.3 Å². The maximum Gasteiger partial charge on any atom is 0.222 e. The van der Waals surface area contributed by atoms with Crippen LogP contribution >= 0.6 is 0 Å². The van der Waals surface area contributed by atoms with E-state index in [-0.39, 0.29) is 0 Å². The molecule has 2 aliphatic heterocycles. The Kier molecular flexibility index (Phi) is 2.78. The molecule has 1 amide bonds. The van der Waals surface area contributed by atoms with Crippen molar-refractivity contribution in [2.24, 2.45) is 11.3 Å². The molecule has 0 aliphatic carbocycles. The fraction of sp³-hybridized carbons (Fsp3) is 0.923. The molecule has 2 unspecified atom stereocenters. The third-order valence-electron chi connectivity index (χ3n) is 4.19. The number of fused-ring (bicyclic) bond motifs is 1. The molecule has 86 valence electrons. The summed E-state index contributed by atoms with van der Waals surface area (Å²) in [4.78, 5) is 13.9. The van der Waals surface area contributed by atoms with E-state index < -0.39 is 0 Å². The van der Waals surface area contributed by atoms with Crippen molar-refractivity contribution in [1.29, 1.82) is 0 Å². The Morgan fingerprint density at radius 3 is 2.67 bits per heavy atom. The van der Waals surface area contributed by atoms with Crippen LogP contribution in [0.4, 0.5) is 0 Å². The van der Waals surface area contributed by atoms with Crippen LogP contribution < -0.4 is 0 Å². The normalized spacial score (nSPS) is 32.7. The SMILES string of the molecule is CC(C)(C)C1CCN2C(=O)CCCC2C1. The highest BCUT2D eigenvalue weighted by Crippen LogP contribution is 2.39. The zero-order valence-corrected chi connectivity index (χ0v) is 10.3. The average Bonchev–Trinajstić information content (AvgIpc) is 2.16. The molecule has 2 heterocycles. The summed E-state index contributed by atoms with van der Waals surface area (Å²) in [6, 6.07) is 0.559. The van der Waals surface area contributed by atoms with Crippen LogP contribution in [-0.2, 0) is 4.79 Å². The summed E-state index contributed by atoms with van der Waals surface area (Å²) in [7, 11) is 0. The van der Waals surface area contributed by atoms with Crippen LogP contribution in [0.25, 0.3) is 0 Å². The highest BCUT2D eigenvalue weighted by atomic mass is 16.2. The number of hydrogen-bond donors (Lipinski definition) is 0. The maximum absolute atomic E-state index is 11.7. The number of piperidine rings is 2. The predicted molar refractivity (Wildman–Crippen MR) is 61.5 cm³/mol. The van der Waals surface area contributed by atoms with Crippen LogP contribution in [0.3, 0.4) is 0 Å². The van der Waals surface area contributed by atoms with Crippen LogP contribution in [0, 0.1) is 11.3 Å². The van der Waals surface area contributed by atoms with Gasteiger partial charge in [-0.25, -0.2) is 0 Å². The number of nitrogens with zero attached hydrogens (tertiary/aromatic N) is 1. The lowest BCUT2D eigenvalue weighted by atomic mass is 9.72. The molecule has 2 saturated heterocycles. The number of rotatable bonds is 0. The van der Waals surface area contributed by atoms with Gasteiger partial charge in [0.2, 0.25) is 5.91 Å². The van der Waals surface area contributed by atoms with Crippen molar-refractivity contribution in [3.05, 3.63) is 0 Å². The molecule has 2 atom stereocenters. The minimum absolute atomic E-state index is 0.401. The third-order valence-corrected chi connectivity index (χ3v) is 4.19. The van der Waals surface area contributed by atoms with E-state index in [0.29, 0.717) is 17.4 Å². The van der Waals surface area contributed by atoms with Gasteiger partial charge in [-0.15, -0.1) is 0 Å². The molecule has 2 aliphatic rings. The first-order chi connectivity index (χ1) is 6.98. The van der Waals surface area contributed by atoms with Gasteiger partial charge < -0.3 is 4.90 Å². The summed E-state index contributed by atoms with van der Waals surface area (Å²) in [5, 5.41) is 0. The van der Waals surface area contributed by atoms with E-state index in [1.807, 2.05) is 0 Å². The summed E-state index contributed by atoms with van der Waals surface area (Å²) < 4.78 is 0. The largest absolute Gasteiger partial charge is 0.340 e. The molecule has 0 saturated carbocycles. The molecule has 15 heavy (non-hydrogen) atoms. The lowest BCUT2D eigenvalue weighted by Gasteiger charge is -2.46. The zero-order valence-electron chi connectivity index (χ0n) is 10.3. The van der Waals surface area contributed by atoms with E-state index in [9.17, 15) is 4.79 Å². The summed E-state index contributed by atoms with van der Waals surface area (Å²) in [5.41, 5.74) is 0.409. The Morgan fingerprint density at radius 2 is 2.00 bits per heavy atom. The summed E-state index contributed by atoms with van der Waals surface area (Å²) in [6.45, 7) is 8.00. The van der Waals surface area contributed by atoms with Crippen LogP contribution in [-0.4, -0.2) is 23.4 Å². The highest BCUT2D eigenvalue weighted by Gasteiger charge is 2.37. The van der Waals surface area contributed by atoms with Gasteiger partial charge in [0, 0.05) is 19.0 Å². The Bertz CT molecular complexity index is 254. The van der Waals surface area contributed by atoms with E-state index in [2.05, 4.69) is 25.7 Å². The van der Waals surface area contributed by atoms with E-state index in [4.69, 9.17) is 0 Å². The molecular formula is C13H23NO. The van der Waals surface area contributed by atoms with Gasteiger partial charge in [0.05, 0.1) is 0 Å². The van der Waals surface area contributed by atoms with Crippen molar-refractivity contribution in [3.63, 3.8) is 0 Å². The van der Waals surface area contributed by atoms with Crippen LogP contribution in [0.1, 0.15) is 52.9 Å². The maximum atomic E-state index is 11.7. The van der Waals surface area contributed by atoms with Gasteiger partial charge >= 0.3 is 0 Å². The molecular weight excluding hydrogens is 186 g/mol. The number of amides is 1. The second-order valence-electron chi connectivity index (χ2n) is 6.22. The second kappa shape index (κ2) is 3.80. The molecule has 0 bridgehead atoms. The van der Waals surface area contributed by atoms with Crippen molar-refractivity contribution in [2.75, 3.05) is 6.54 Å². The number of hydrogen-bond acceptors (Lipinski definition) is 1. The van der Waals surface area contributed by atoms with Crippen LogP contribution in [0.5, 0.6) is 0 Å². The molecule has 0 aromatic rings. The number of carbonyl (C=O) groups is 1. The monoisotopic (exact) mass is 209 g/mol. The summed E-state index contributed by atoms with van der Waals surface area (Å²) in [6.07, 6.45) is 5.56. The Labute approximate surface area is 93.0 Å². The van der Waals surface area contributed by atoms with Crippen LogP contribution in [0.2, 0.25) is 0 Å². The second-order valence-corrected chi connectivity index (χ2v) is 6.22. The van der Waals surface area contributed by atoms with Gasteiger partial charge in [-0.2, -0.15) is 0 Å². The van der Waals surface area contributed by atoms with Gasteiger partial charge in [0.1, 0.15) is 0 Å². The first-order valence-corrected chi connectivity index (χ1v) is 6.28. The molecule has 0 N–H and O–H groups in total. The van der Waals surface area contributed by atoms with Gasteiger partial charge in [0.15, 0.2) is 0 Å².